The number of amides is 2. The van der Waals surface area contributed by atoms with Crippen LogP contribution in [0.2, 0.25) is 0 Å². The van der Waals surface area contributed by atoms with E-state index in [0.717, 1.165) is 18.4 Å². The van der Waals surface area contributed by atoms with Crippen molar-refractivity contribution >= 4 is 11.8 Å². The van der Waals surface area contributed by atoms with E-state index < -0.39 is 0 Å². The summed E-state index contributed by atoms with van der Waals surface area (Å²) in [7, 11) is 0. The zero-order valence-corrected chi connectivity index (χ0v) is 16.9. The van der Waals surface area contributed by atoms with Gasteiger partial charge in [-0.15, -0.1) is 0 Å². The number of carbonyl (C=O) groups excluding carboxylic acids is 2. The molecule has 1 aliphatic heterocycles. The summed E-state index contributed by atoms with van der Waals surface area (Å²) in [5.74, 6) is 0.826. The lowest BCUT2D eigenvalue weighted by Crippen LogP contribution is -2.38. The fraction of sp³-hybridized carbons (Fsp3) is 0.417. The molecule has 4 heteroatoms. The van der Waals surface area contributed by atoms with Gasteiger partial charge in [-0.25, -0.2) is 0 Å². The summed E-state index contributed by atoms with van der Waals surface area (Å²) in [6, 6.07) is 17.8. The standard InChI is InChI=1S/C24H30N2O2/c1-19(2)17-20-9-11-21(12-10-20)18-23(27)25-13-6-14-26(16-15-25)24(28)22-7-4-3-5-8-22/h3-5,7-12,19H,6,13-18H2,1-2H3. The number of rotatable bonds is 5. The summed E-state index contributed by atoms with van der Waals surface area (Å²) in [6.07, 6.45) is 2.30. The molecule has 0 bridgehead atoms. The summed E-state index contributed by atoms with van der Waals surface area (Å²) in [5, 5.41) is 0. The third kappa shape index (κ3) is 5.44. The molecule has 3 rings (SSSR count). The SMILES string of the molecule is CC(C)Cc1ccc(CC(=O)N2CCCN(C(=O)c3ccccc3)CC2)cc1. The van der Waals surface area contributed by atoms with Crippen LogP contribution in [0.25, 0.3) is 0 Å². The highest BCUT2D eigenvalue weighted by Crippen LogP contribution is 2.13. The van der Waals surface area contributed by atoms with Crippen LogP contribution >= 0.6 is 0 Å². The van der Waals surface area contributed by atoms with Gasteiger partial charge in [-0.2, -0.15) is 0 Å². The van der Waals surface area contributed by atoms with E-state index in [9.17, 15) is 9.59 Å². The van der Waals surface area contributed by atoms with Crippen LogP contribution in [0.3, 0.4) is 0 Å². The molecule has 0 unspecified atom stereocenters. The van der Waals surface area contributed by atoms with Crippen LogP contribution in [0.5, 0.6) is 0 Å². The van der Waals surface area contributed by atoms with Gasteiger partial charge < -0.3 is 9.80 Å². The molecular weight excluding hydrogens is 348 g/mol. The van der Waals surface area contributed by atoms with Crippen molar-refractivity contribution in [1.82, 2.24) is 9.80 Å². The van der Waals surface area contributed by atoms with Gasteiger partial charge in [0.1, 0.15) is 0 Å². The molecule has 2 aromatic rings. The molecular formula is C24H30N2O2. The molecule has 0 aliphatic carbocycles. The first-order chi connectivity index (χ1) is 13.5. The van der Waals surface area contributed by atoms with Crippen molar-refractivity contribution in [3.8, 4) is 0 Å². The van der Waals surface area contributed by atoms with E-state index in [-0.39, 0.29) is 11.8 Å². The molecule has 0 aromatic heterocycles. The number of benzene rings is 2. The lowest BCUT2D eigenvalue weighted by Gasteiger charge is -2.22. The van der Waals surface area contributed by atoms with Crippen LogP contribution in [0.15, 0.2) is 54.6 Å². The molecule has 0 atom stereocenters. The molecule has 2 amide bonds. The van der Waals surface area contributed by atoms with E-state index in [1.165, 1.54) is 5.56 Å². The van der Waals surface area contributed by atoms with Gasteiger partial charge in [-0.3, -0.25) is 9.59 Å². The Kier molecular flexibility index (Phi) is 6.85. The first kappa shape index (κ1) is 20.1. The quantitative estimate of drug-likeness (QED) is 0.794. The third-order valence-corrected chi connectivity index (χ3v) is 5.18. The van der Waals surface area contributed by atoms with Gasteiger partial charge in [-0.05, 0) is 42.0 Å². The fourth-order valence-corrected chi connectivity index (χ4v) is 3.68. The number of hydrogen-bond donors (Lipinski definition) is 0. The van der Waals surface area contributed by atoms with Gasteiger partial charge in [0, 0.05) is 31.7 Å². The Hall–Kier alpha value is -2.62. The average Bonchev–Trinajstić information content (AvgIpc) is 2.95. The Balaban J connectivity index is 1.55. The molecule has 2 aromatic carbocycles. The highest BCUT2D eigenvalue weighted by Gasteiger charge is 2.22. The second kappa shape index (κ2) is 9.54. The maximum atomic E-state index is 12.8. The van der Waals surface area contributed by atoms with E-state index in [2.05, 4.69) is 38.1 Å². The van der Waals surface area contributed by atoms with Crippen LogP contribution in [-0.2, 0) is 17.6 Å². The van der Waals surface area contributed by atoms with E-state index in [1.807, 2.05) is 40.1 Å². The topological polar surface area (TPSA) is 40.6 Å². The highest BCUT2D eigenvalue weighted by atomic mass is 16.2. The number of nitrogens with zero attached hydrogens (tertiary/aromatic N) is 2. The Bertz CT molecular complexity index is 784. The Morgan fingerprint density at radius 3 is 2.11 bits per heavy atom. The van der Waals surface area contributed by atoms with Crippen molar-refractivity contribution in [2.24, 2.45) is 5.92 Å². The molecule has 28 heavy (non-hydrogen) atoms. The molecule has 1 saturated heterocycles. The molecule has 0 N–H and O–H groups in total. The summed E-state index contributed by atoms with van der Waals surface area (Å²) >= 11 is 0. The normalized spacial score (nSPS) is 14.8. The van der Waals surface area contributed by atoms with Crippen molar-refractivity contribution in [3.63, 3.8) is 0 Å². The predicted octanol–water partition coefficient (Wildman–Crippen LogP) is 3.80. The molecule has 1 heterocycles. The Morgan fingerprint density at radius 2 is 1.43 bits per heavy atom. The van der Waals surface area contributed by atoms with Crippen LogP contribution in [0.1, 0.15) is 41.8 Å². The molecule has 0 saturated carbocycles. The minimum absolute atomic E-state index is 0.0515. The molecule has 4 nitrogen and oxygen atoms in total. The van der Waals surface area contributed by atoms with Gasteiger partial charge in [-0.1, -0.05) is 56.3 Å². The zero-order chi connectivity index (χ0) is 19.9. The van der Waals surface area contributed by atoms with Gasteiger partial charge in [0.25, 0.3) is 5.91 Å². The molecule has 148 valence electrons. The van der Waals surface area contributed by atoms with Gasteiger partial charge in [0.15, 0.2) is 0 Å². The second-order valence-electron chi connectivity index (χ2n) is 7.98. The summed E-state index contributed by atoms with van der Waals surface area (Å²) in [6.45, 7) is 7.02. The second-order valence-corrected chi connectivity index (χ2v) is 7.98. The Labute approximate surface area is 168 Å². The van der Waals surface area contributed by atoms with Crippen molar-refractivity contribution in [2.45, 2.75) is 33.1 Å². The maximum absolute atomic E-state index is 12.8. The van der Waals surface area contributed by atoms with Crippen molar-refractivity contribution < 1.29 is 9.59 Å². The maximum Gasteiger partial charge on any atom is 0.253 e. The van der Waals surface area contributed by atoms with Crippen LogP contribution in [-0.4, -0.2) is 47.8 Å². The van der Waals surface area contributed by atoms with Crippen LogP contribution in [0.4, 0.5) is 0 Å². The minimum atomic E-state index is 0.0515. The van der Waals surface area contributed by atoms with E-state index in [0.29, 0.717) is 44.1 Å². The zero-order valence-electron chi connectivity index (χ0n) is 16.9. The van der Waals surface area contributed by atoms with Crippen LogP contribution < -0.4 is 0 Å². The monoisotopic (exact) mass is 378 g/mol. The Morgan fingerprint density at radius 1 is 0.821 bits per heavy atom. The first-order valence-corrected chi connectivity index (χ1v) is 10.2. The number of carbonyl (C=O) groups is 2. The molecule has 0 radical (unpaired) electrons. The summed E-state index contributed by atoms with van der Waals surface area (Å²) < 4.78 is 0. The lowest BCUT2D eigenvalue weighted by atomic mass is 10.0. The molecule has 0 spiro atoms. The largest absolute Gasteiger partial charge is 0.341 e. The lowest BCUT2D eigenvalue weighted by molar-refractivity contribution is -0.130. The summed E-state index contributed by atoms with van der Waals surface area (Å²) in [5.41, 5.74) is 3.08. The van der Waals surface area contributed by atoms with E-state index >= 15 is 0 Å². The van der Waals surface area contributed by atoms with Gasteiger partial charge in [0.05, 0.1) is 6.42 Å². The van der Waals surface area contributed by atoms with E-state index in [4.69, 9.17) is 0 Å². The minimum Gasteiger partial charge on any atom is -0.341 e. The van der Waals surface area contributed by atoms with Crippen LogP contribution in [0, 0.1) is 5.92 Å². The predicted molar refractivity (Wildman–Crippen MR) is 112 cm³/mol. The van der Waals surface area contributed by atoms with Crippen molar-refractivity contribution in [3.05, 3.63) is 71.3 Å². The summed E-state index contributed by atoms with van der Waals surface area (Å²) in [4.78, 5) is 29.2. The fourth-order valence-electron chi connectivity index (χ4n) is 3.68. The number of hydrogen-bond acceptors (Lipinski definition) is 2. The highest BCUT2D eigenvalue weighted by molar-refractivity contribution is 5.94. The third-order valence-electron chi connectivity index (χ3n) is 5.18. The molecule has 1 aliphatic rings. The first-order valence-electron chi connectivity index (χ1n) is 10.2. The molecule has 1 fully saturated rings. The van der Waals surface area contributed by atoms with Gasteiger partial charge in [0.2, 0.25) is 5.91 Å². The van der Waals surface area contributed by atoms with Crippen molar-refractivity contribution in [1.29, 1.82) is 0 Å². The average molecular weight is 379 g/mol. The van der Waals surface area contributed by atoms with E-state index in [1.54, 1.807) is 0 Å². The van der Waals surface area contributed by atoms with Crippen molar-refractivity contribution in [2.75, 3.05) is 26.2 Å². The smallest absolute Gasteiger partial charge is 0.253 e. The van der Waals surface area contributed by atoms with Gasteiger partial charge >= 0.3 is 0 Å².